The Hall–Kier alpha value is -1.00. The van der Waals surface area contributed by atoms with Crippen LogP contribution in [0.3, 0.4) is 0 Å². The summed E-state index contributed by atoms with van der Waals surface area (Å²) in [6.07, 6.45) is 2.05. The molecule has 1 saturated heterocycles. The predicted molar refractivity (Wildman–Crippen MR) is 73.4 cm³/mol. The van der Waals surface area contributed by atoms with Crippen molar-refractivity contribution in [1.82, 2.24) is 10.2 Å². The molecule has 0 aromatic carbocycles. The van der Waals surface area contributed by atoms with Crippen molar-refractivity contribution in [3.8, 4) is 0 Å². The van der Waals surface area contributed by atoms with Crippen LogP contribution in [0.5, 0.6) is 0 Å². The van der Waals surface area contributed by atoms with Gasteiger partial charge in [0.05, 0.1) is 5.56 Å². The van der Waals surface area contributed by atoms with E-state index in [1.54, 1.807) is 0 Å². The standard InChI is InChI=1S/C13H20N2O2.ClH/c1-9-8-12(10(2)17-9)13(16)15-6-4-11(14-3)5-7-15;/h8,11,14H,4-7H2,1-3H3;1H. The Labute approximate surface area is 114 Å². The number of hydrogen-bond acceptors (Lipinski definition) is 3. The summed E-state index contributed by atoms with van der Waals surface area (Å²) >= 11 is 0. The number of furan rings is 1. The van der Waals surface area contributed by atoms with Crippen LogP contribution >= 0.6 is 12.4 Å². The normalized spacial score (nSPS) is 16.5. The fraction of sp³-hybridized carbons (Fsp3) is 0.615. The Kier molecular flexibility index (Phi) is 5.23. The van der Waals surface area contributed by atoms with E-state index in [-0.39, 0.29) is 18.3 Å². The van der Waals surface area contributed by atoms with Crippen molar-refractivity contribution >= 4 is 18.3 Å². The number of aryl methyl sites for hydroxylation is 2. The van der Waals surface area contributed by atoms with Crippen LogP contribution in [0.2, 0.25) is 0 Å². The molecule has 0 spiro atoms. The first kappa shape index (κ1) is 15.1. The third-order valence-electron chi connectivity index (χ3n) is 3.46. The topological polar surface area (TPSA) is 45.5 Å². The summed E-state index contributed by atoms with van der Waals surface area (Å²) in [4.78, 5) is 14.2. The number of piperidine rings is 1. The van der Waals surface area contributed by atoms with Gasteiger partial charge in [-0.1, -0.05) is 0 Å². The smallest absolute Gasteiger partial charge is 0.257 e. The molecule has 0 atom stereocenters. The molecule has 1 N–H and O–H groups in total. The van der Waals surface area contributed by atoms with E-state index in [9.17, 15) is 4.79 Å². The molecule has 4 nitrogen and oxygen atoms in total. The lowest BCUT2D eigenvalue weighted by Crippen LogP contribution is -2.44. The molecular weight excluding hydrogens is 252 g/mol. The molecule has 102 valence electrons. The Morgan fingerprint density at radius 3 is 2.44 bits per heavy atom. The van der Waals surface area contributed by atoms with Crippen molar-refractivity contribution in [2.75, 3.05) is 20.1 Å². The zero-order valence-electron chi connectivity index (χ0n) is 11.2. The van der Waals surface area contributed by atoms with Crippen LogP contribution in [-0.4, -0.2) is 37.0 Å². The lowest BCUT2D eigenvalue weighted by atomic mass is 10.0. The Morgan fingerprint density at radius 1 is 1.39 bits per heavy atom. The van der Waals surface area contributed by atoms with Gasteiger partial charge in [-0.05, 0) is 39.8 Å². The van der Waals surface area contributed by atoms with Crippen molar-refractivity contribution in [3.05, 3.63) is 23.2 Å². The summed E-state index contributed by atoms with van der Waals surface area (Å²) < 4.78 is 5.41. The second kappa shape index (κ2) is 6.25. The van der Waals surface area contributed by atoms with Crippen LogP contribution < -0.4 is 5.32 Å². The average Bonchev–Trinajstić information content (AvgIpc) is 2.68. The van der Waals surface area contributed by atoms with Gasteiger partial charge in [0.1, 0.15) is 11.5 Å². The van der Waals surface area contributed by atoms with Crippen molar-refractivity contribution in [1.29, 1.82) is 0 Å². The number of nitrogens with zero attached hydrogens (tertiary/aromatic N) is 1. The molecule has 1 aromatic heterocycles. The molecule has 1 aliphatic heterocycles. The first-order valence-corrected chi connectivity index (χ1v) is 6.15. The summed E-state index contributed by atoms with van der Waals surface area (Å²) in [7, 11) is 1.98. The minimum absolute atomic E-state index is 0. The molecule has 1 amide bonds. The van der Waals surface area contributed by atoms with E-state index in [0.717, 1.165) is 37.5 Å². The third-order valence-corrected chi connectivity index (χ3v) is 3.46. The highest BCUT2D eigenvalue weighted by Gasteiger charge is 2.24. The van der Waals surface area contributed by atoms with Crippen molar-refractivity contribution < 1.29 is 9.21 Å². The zero-order valence-corrected chi connectivity index (χ0v) is 12.0. The highest BCUT2D eigenvalue weighted by Crippen LogP contribution is 2.19. The zero-order chi connectivity index (χ0) is 12.4. The fourth-order valence-electron chi connectivity index (χ4n) is 2.38. The van der Waals surface area contributed by atoms with Gasteiger partial charge >= 0.3 is 0 Å². The summed E-state index contributed by atoms with van der Waals surface area (Å²) in [5.41, 5.74) is 0.713. The fourth-order valence-corrected chi connectivity index (χ4v) is 2.38. The second-order valence-electron chi connectivity index (χ2n) is 4.68. The SMILES string of the molecule is CNC1CCN(C(=O)c2cc(C)oc2C)CC1.Cl. The molecule has 0 aliphatic carbocycles. The van der Waals surface area contributed by atoms with Crippen LogP contribution in [0.15, 0.2) is 10.5 Å². The minimum atomic E-state index is 0. The number of hydrogen-bond donors (Lipinski definition) is 1. The molecule has 0 radical (unpaired) electrons. The number of rotatable bonds is 2. The lowest BCUT2D eigenvalue weighted by Gasteiger charge is -2.31. The largest absolute Gasteiger partial charge is 0.466 e. The number of nitrogens with one attached hydrogen (secondary N) is 1. The quantitative estimate of drug-likeness (QED) is 0.897. The molecular formula is C13H21ClN2O2. The maximum absolute atomic E-state index is 12.3. The lowest BCUT2D eigenvalue weighted by molar-refractivity contribution is 0.0705. The molecule has 1 aliphatic rings. The van der Waals surface area contributed by atoms with Gasteiger partial charge in [0, 0.05) is 19.1 Å². The minimum Gasteiger partial charge on any atom is -0.466 e. The van der Waals surface area contributed by atoms with Gasteiger partial charge in [-0.15, -0.1) is 12.4 Å². The number of halogens is 1. The summed E-state index contributed by atoms with van der Waals surface area (Å²) in [5, 5.41) is 3.26. The van der Waals surface area contributed by atoms with Crippen LogP contribution in [0.1, 0.15) is 34.7 Å². The van der Waals surface area contributed by atoms with Crippen molar-refractivity contribution in [2.45, 2.75) is 32.7 Å². The third kappa shape index (κ3) is 3.06. The molecule has 2 rings (SSSR count). The number of carbonyl (C=O) groups is 1. The van der Waals surface area contributed by atoms with E-state index >= 15 is 0 Å². The van der Waals surface area contributed by atoms with Crippen LogP contribution in [0, 0.1) is 13.8 Å². The predicted octanol–water partition coefficient (Wildman–Crippen LogP) is 2.14. The molecule has 1 aromatic rings. The van der Waals surface area contributed by atoms with E-state index in [1.807, 2.05) is 31.9 Å². The Morgan fingerprint density at radius 2 is 2.00 bits per heavy atom. The molecule has 0 unspecified atom stereocenters. The van der Waals surface area contributed by atoms with E-state index in [0.29, 0.717) is 11.6 Å². The molecule has 18 heavy (non-hydrogen) atoms. The highest BCUT2D eigenvalue weighted by atomic mass is 35.5. The summed E-state index contributed by atoms with van der Waals surface area (Å²) in [6.45, 7) is 5.37. The Bertz CT molecular complexity index is 409. The molecule has 2 heterocycles. The maximum Gasteiger partial charge on any atom is 0.257 e. The first-order valence-electron chi connectivity index (χ1n) is 6.15. The van der Waals surface area contributed by atoms with Gasteiger partial charge in [-0.3, -0.25) is 4.79 Å². The second-order valence-corrected chi connectivity index (χ2v) is 4.68. The van der Waals surface area contributed by atoms with E-state index < -0.39 is 0 Å². The van der Waals surface area contributed by atoms with Gasteiger partial charge in [0.25, 0.3) is 5.91 Å². The highest BCUT2D eigenvalue weighted by molar-refractivity contribution is 5.95. The molecule has 0 saturated carbocycles. The van der Waals surface area contributed by atoms with Gasteiger partial charge in [0.15, 0.2) is 0 Å². The Balaban J connectivity index is 0.00000162. The number of amides is 1. The van der Waals surface area contributed by atoms with Crippen LogP contribution in [0.25, 0.3) is 0 Å². The van der Waals surface area contributed by atoms with Crippen LogP contribution in [-0.2, 0) is 0 Å². The maximum atomic E-state index is 12.3. The number of likely N-dealkylation sites (tertiary alicyclic amines) is 1. The summed E-state index contributed by atoms with van der Waals surface area (Å²) in [5.74, 6) is 1.63. The van der Waals surface area contributed by atoms with Gasteiger partial charge in [-0.2, -0.15) is 0 Å². The number of carbonyl (C=O) groups excluding carboxylic acids is 1. The van der Waals surface area contributed by atoms with E-state index in [4.69, 9.17) is 4.42 Å². The monoisotopic (exact) mass is 272 g/mol. The molecule has 0 bridgehead atoms. The average molecular weight is 273 g/mol. The van der Waals surface area contributed by atoms with Crippen molar-refractivity contribution in [3.63, 3.8) is 0 Å². The summed E-state index contributed by atoms with van der Waals surface area (Å²) in [6, 6.07) is 2.38. The van der Waals surface area contributed by atoms with Gasteiger partial charge in [-0.25, -0.2) is 0 Å². The van der Waals surface area contributed by atoms with Crippen molar-refractivity contribution in [2.24, 2.45) is 0 Å². The van der Waals surface area contributed by atoms with Gasteiger partial charge in [0.2, 0.25) is 0 Å². The first-order chi connectivity index (χ1) is 8.11. The van der Waals surface area contributed by atoms with E-state index in [1.165, 1.54) is 0 Å². The van der Waals surface area contributed by atoms with E-state index in [2.05, 4.69) is 5.32 Å². The molecule has 1 fully saturated rings. The molecule has 5 heteroatoms. The van der Waals surface area contributed by atoms with Crippen LogP contribution in [0.4, 0.5) is 0 Å². The van der Waals surface area contributed by atoms with Gasteiger partial charge < -0.3 is 14.6 Å².